The van der Waals surface area contributed by atoms with Gasteiger partial charge in [-0.05, 0) is 19.1 Å². The maximum absolute atomic E-state index is 12.3. The van der Waals surface area contributed by atoms with Crippen LogP contribution in [0.4, 0.5) is 0 Å². The molecular weight excluding hydrogens is 368 g/mol. The Morgan fingerprint density at radius 1 is 1.27 bits per heavy atom. The number of carbonyl (C=O) groups is 3. The molecule has 0 aromatic carbocycles. The first-order valence-corrected chi connectivity index (χ1v) is 8.03. The minimum absolute atomic E-state index is 0.136. The number of primary amides is 1. The molecule has 2 amide bonds. The second kappa shape index (κ2) is 11.5. The van der Waals surface area contributed by atoms with Gasteiger partial charge in [0.2, 0.25) is 5.91 Å². The minimum atomic E-state index is -1.41. The summed E-state index contributed by atoms with van der Waals surface area (Å²) in [5.41, 5.74) is 13.1. The number of carbonyl (C=O) groups excluding carboxylic acids is 2. The number of aliphatic hydroxyl groups is 2. The largest absolute Gasteiger partial charge is 0.480 e. The normalized spacial score (nSPS) is 15.5. The first kappa shape index (κ1) is 23.9. The van der Waals surface area contributed by atoms with E-state index in [1.54, 1.807) is 0 Å². The lowest BCUT2D eigenvalue weighted by Crippen LogP contribution is -2.58. The Hall–Kier alpha value is -2.06. The summed E-state index contributed by atoms with van der Waals surface area (Å²) in [6, 6.07) is -3.19. The minimum Gasteiger partial charge on any atom is -0.480 e. The summed E-state index contributed by atoms with van der Waals surface area (Å²) in [6.07, 6.45) is -1.68. The van der Waals surface area contributed by atoms with Gasteiger partial charge in [0, 0.05) is 19.6 Å². The number of thiocarbonyl (C=S) groups is 1. The molecule has 0 heterocycles. The quantitative estimate of drug-likeness (QED) is 0.125. The number of amides is 2. The van der Waals surface area contributed by atoms with Crippen LogP contribution in [0.2, 0.25) is 0 Å². The number of carboxylic acids is 1. The molecule has 26 heavy (non-hydrogen) atoms. The average molecular weight is 394 g/mol. The number of likely N-dealkylation sites (N-methyl/N-ethyl adjacent to an activating group) is 1. The first-order chi connectivity index (χ1) is 12.0. The summed E-state index contributed by atoms with van der Waals surface area (Å²) in [6.45, 7) is 1.10. The fourth-order valence-electron chi connectivity index (χ4n) is 1.86. The topological polar surface area (TPSA) is 203 Å². The lowest BCUT2D eigenvalue weighted by molar-refractivity contribution is -0.141. The monoisotopic (exact) mass is 394 g/mol. The van der Waals surface area contributed by atoms with Gasteiger partial charge in [0.25, 0.3) is 5.91 Å². The fraction of sp³-hybridized carbons (Fsp3) is 0.692. The third-order valence-corrected chi connectivity index (χ3v) is 3.34. The van der Waals surface area contributed by atoms with E-state index in [1.807, 2.05) is 0 Å². The SMILES string of the molecule is CC(O)C(NC(=S)NC(CC(N)=O)C(=O)NN(C)CC(N)CO)C(=O)O. The summed E-state index contributed by atoms with van der Waals surface area (Å²) in [5, 5.41) is 33.2. The molecule has 0 rings (SSSR count). The summed E-state index contributed by atoms with van der Waals surface area (Å²) in [7, 11) is 1.50. The van der Waals surface area contributed by atoms with E-state index in [1.165, 1.54) is 19.0 Å². The van der Waals surface area contributed by atoms with E-state index in [0.29, 0.717) is 0 Å². The van der Waals surface area contributed by atoms with Crippen molar-refractivity contribution in [3.63, 3.8) is 0 Å². The zero-order valence-corrected chi connectivity index (χ0v) is 15.3. The number of aliphatic hydroxyl groups excluding tert-OH is 2. The molecule has 0 aliphatic carbocycles. The van der Waals surface area contributed by atoms with Crippen LogP contribution in [0.1, 0.15) is 13.3 Å². The zero-order valence-electron chi connectivity index (χ0n) is 14.5. The van der Waals surface area contributed by atoms with E-state index in [-0.39, 0.29) is 18.3 Å². The third kappa shape index (κ3) is 9.43. The molecule has 0 aliphatic heterocycles. The second-order valence-corrected chi connectivity index (χ2v) is 6.10. The van der Waals surface area contributed by atoms with Gasteiger partial charge in [-0.2, -0.15) is 0 Å². The van der Waals surface area contributed by atoms with Crippen LogP contribution in [0, 0.1) is 0 Å². The molecule has 4 atom stereocenters. The van der Waals surface area contributed by atoms with Crippen molar-refractivity contribution in [2.75, 3.05) is 20.2 Å². The van der Waals surface area contributed by atoms with Gasteiger partial charge in [0.15, 0.2) is 11.2 Å². The molecule has 150 valence electrons. The van der Waals surface area contributed by atoms with Gasteiger partial charge in [-0.25, -0.2) is 9.80 Å². The molecule has 4 unspecified atom stereocenters. The standard InChI is InChI=1S/C13H26N6O6S/c1-6(21)10(12(24)25)17-13(26)16-8(3-9(15)22)11(23)18-19(2)4-7(14)5-20/h6-8,10,20-21H,3-5,14H2,1-2H3,(H2,15,22)(H,18,23)(H,24,25)(H2,16,17,26). The van der Waals surface area contributed by atoms with Crippen molar-refractivity contribution >= 4 is 35.1 Å². The Morgan fingerprint density at radius 3 is 2.27 bits per heavy atom. The molecule has 0 aliphatic rings. The highest BCUT2D eigenvalue weighted by atomic mass is 32.1. The van der Waals surface area contributed by atoms with Crippen LogP contribution in [-0.2, 0) is 14.4 Å². The Kier molecular flexibility index (Phi) is 10.6. The number of rotatable bonds is 11. The maximum Gasteiger partial charge on any atom is 0.328 e. The van der Waals surface area contributed by atoms with Gasteiger partial charge < -0.3 is 37.4 Å². The Labute approximate surface area is 155 Å². The highest BCUT2D eigenvalue weighted by Gasteiger charge is 2.27. The maximum atomic E-state index is 12.3. The molecule has 12 nitrogen and oxygen atoms in total. The molecule has 0 fully saturated rings. The van der Waals surface area contributed by atoms with Crippen LogP contribution in [0.5, 0.6) is 0 Å². The van der Waals surface area contributed by atoms with Crippen molar-refractivity contribution in [3.05, 3.63) is 0 Å². The molecule has 0 aromatic rings. The van der Waals surface area contributed by atoms with E-state index in [9.17, 15) is 19.5 Å². The van der Waals surface area contributed by atoms with Crippen molar-refractivity contribution in [2.24, 2.45) is 11.5 Å². The van der Waals surface area contributed by atoms with Crippen LogP contribution >= 0.6 is 12.2 Å². The molecule has 10 N–H and O–H groups in total. The molecule has 0 spiro atoms. The van der Waals surface area contributed by atoms with Gasteiger partial charge in [-0.15, -0.1) is 0 Å². The van der Waals surface area contributed by atoms with Crippen LogP contribution in [0.3, 0.4) is 0 Å². The fourth-order valence-corrected chi connectivity index (χ4v) is 2.13. The number of nitrogens with two attached hydrogens (primary N) is 2. The number of hydrogen-bond acceptors (Lipinski definition) is 8. The lowest BCUT2D eigenvalue weighted by Gasteiger charge is -2.26. The Morgan fingerprint density at radius 2 is 1.85 bits per heavy atom. The molecule has 13 heteroatoms. The van der Waals surface area contributed by atoms with E-state index in [0.717, 1.165) is 0 Å². The molecular formula is C13H26N6O6S. The zero-order chi connectivity index (χ0) is 20.4. The van der Waals surface area contributed by atoms with Crippen molar-refractivity contribution < 1.29 is 29.7 Å². The van der Waals surface area contributed by atoms with E-state index < -0.39 is 48.4 Å². The Bertz CT molecular complexity index is 519. The summed E-state index contributed by atoms with van der Waals surface area (Å²) in [5.74, 6) is -2.82. The molecule has 0 aromatic heterocycles. The van der Waals surface area contributed by atoms with E-state index in [2.05, 4.69) is 16.1 Å². The highest BCUT2D eigenvalue weighted by molar-refractivity contribution is 7.80. The second-order valence-electron chi connectivity index (χ2n) is 5.70. The van der Waals surface area contributed by atoms with E-state index in [4.69, 9.17) is 33.9 Å². The predicted octanol–water partition coefficient (Wildman–Crippen LogP) is -4.19. The number of hydrogen-bond donors (Lipinski definition) is 8. The van der Waals surface area contributed by atoms with Crippen molar-refractivity contribution in [3.8, 4) is 0 Å². The smallest absolute Gasteiger partial charge is 0.328 e. The van der Waals surface area contributed by atoms with Gasteiger partial charge in [0.1, 0.15) is 6.04 Å². The number of nitrogens with one attached hydrogen (secondary N) is 3. The number of carboxylic acid groups (broad SMARTS) is 1. The summed E-state index contributed by atoms with van der Waals surface area (Å²) >= 11 is 4.92. The van der Waals surface area contributed by atoms with Crippen LogP contribution in [0.15, 0.2) is 0 Å². The average Bonchev–Trinajstić information content (AvgIpc) is 2.50. The lowest BCUT2D eigenvalue weighted by atomic mass is 10.2. The number of nitrogens with zero attached hydrogens (tertiary/aromatic N) is 1. The van der Waals surface area contributed by atoms with Crippen molar-refractivity contribution in [2.45, 2.75) is 37.6 Å². The number of aliphatic carboxylic acids is 1. The highest BCUT2D eigenvalue weighted by Crippen LogP contribution is 1.97. The van der Waals surface area contributed by atoms with Crippen LogP contribution < -0.4 is 27.5 Å². The molecule has 0 radical (unpaired) electrons. The molecule has 0 saturated carbocycles. The first-order valence-electron chi connectivity index (χ1n) is 7.62. The van der Waals surface area contributed by atoms with Crippen LogP contribution in [-0.4, -0.2) is 87.7 Å². The van der Waals surface area contributed by atoms with E-state index >= 15 is 0 Å². The van der Waals surface area contributed by atoms with Crippen molar-refractivity contribution in [1.82, 2.24) is 21.1 Å². The summed E-state index contributed by atoms with van der Waals surface area (Å²) < 4.78 is 0. The van der Waals surface area contributed by atoms with Gasteiger partial charge in [0.05, 0.1) is 19.1 Å². The Balaban J connectivity index is 4.92. The number of hydrazine groups is 1. The summed E-state index contributed by atoms with van der Waals surface area (Å²) in [4.78, 5) is 34.5. The third-order valence-electron chi connectivity index (χ3n) is 3.11. The van der Waals surface area contributed by atoms with Gasteiger partial charge in [-0.3, -0.25) is 15.0 Å². The van der Waals surface area contributed by atoms with Gasteiger partial charge >= 0.3 is 5.97 Å². The predicted molar refractivity (Wildman–Crippen MR) is 95.4 cm³/mol. The molecule has 0 saturated heterocycles. The van der Waals surface area contributed by atoms with Crippen molar-refractivity contribution in [1.29, 1.82) is 0 Å². The van der Waals surface area contributed by atoms with Crippen LogP contribution in [0.25, 0.3) is 0 Å². The van der Waals surface area contributed by atoms with Gasteiger partial charge in [-0.1, -0.05) is 0 Å². The molecule has 0 bridgehead atoms.